The first kappa shape index (κ1) is 14.7. The zero-order valence-corrected chi connectivity index (χ0v) is 9.50. The molecule has 0 heterocycles. The molecule has 1 aromatic carbocycles. The predicted octanol–water partition coefficient (Wildman–Crippen LogP) is 2.79. The van der Waals surface area contributed by atoms with Gasteiger partial charge in [-0.1, -0.05) is 0 Å². The minimum Gasteiger partial charge on any atom is -0.467 e. The molecule has 0 fully saturated rings. The van der Waals surface area contributed by atoms with Gasteiger partial charge >= 0.3 is 6.18 Å². The van der Waals surface area contributed by atoms with E-state index in [1.54, 1.807) is 0 Å². The van der Waals surface area contributed by atoms with Crippen molar-refractivity contribution in [2.45, 2.75) is 19.2 Å². The van der Waals surface area contributed by atoms with Gasteiger partial charge in [-0.15, -0.1) is 0 Å². The fourth-order valence-corrected chi connectivity index (χ4v) is 1.24. The van der Waals surface area contributed by atoms with Gasteiger partial charge < -0.3 is 14.6 Å². The molecule has 0 amide bonds. The lowest BCUT2D eigenvalue weighted by Crippen LogP contribution is -2.19. The summed E-state index contributed by atoms with van der Waals surface area (Å²) in [6.07, 6.45) is -5.37. The third-order valence-corrected chi connectivity index (χ3v) is 1.99. The number of alkyl halides is 3. The van der Waals surface area contributed by atoms with Gasteiger partial charge in [0.1, 0.15) is 18.2 Å². The molecule has 18 heavy (non-hydrogen) atoms. The van der Waals surface area contributed by atoms with Crippen molar-refractivity contribution in [3.05, 3.63) is 29.6 Å². The van der Waals surface area contributed by atoms with Crippen molar-refractivity contribution in [1.82, 2.24) is 0 Å². The summed E-state index contributed by atoms with van der Waals surface area (Å²) in [4.78, 5) is 0. The molecule has 102 valence electrons. The molecule has 1 atom stereocenters. The van der Waals surface area contributed by atoms with Gasteiger partial charge in [-0.05, 0) is 19.1 Å². The number of hydrogen-bond donors (Lipinski definition) is 1. The van der Waals surface area contributed by atoms with E-state index in [0.717, 1.165) is 12.1 Å². The number of rotatable bonds is 5. The van der Waals surface area contributed by atoms with Crippen molar-refractivity contribution >= 4 is 0 Å². The van der Waals surface area contributed by atoms with Gasteiger partial charge in [0.15, 0.2) is 6.79 Å². The normalized spacial score (nSPS) is 13.4. The Kier molecular flexibility index (Phi) is 4.92. The van der Waals surface area contributed by atoms with E-state index in [9.17, 15) is 22.7 Å². The van der Waals surface area contributed by atoms with Crippen LogP contribution in [0.25, 0.3) is 0 Å². The van der Waals surface area contributed by atoms with Crippen molar-refractivity contribution in [3.63, 3.8) is 0 Å². The van der Waals surface area contributed by atoms with Gasteiger partial charge in [0.05, 0.1) is 6.10 Å². The van der Waals surface area contributed by atoms with E-state index in [4.69, 9.17) is 4.74 Å². The lowest BCUT2D eigenvalue weighted by Gasteiger charge is -2.14. The van der Waals surface area contributed by atoms with Crippen LogP contribution in [0.2, 0.25) is 0 Å². The highest BCUT2D eigenvalue weighted by molar-refractivity contribution is 5.35. The summed E-state index contributed by atoms with van der Waals surface area (Å²) in [7, 11) is 0. The largest absolute Gasteiger partial charge is 0.467 e. The van der Waals surface area contributed by atoms with Gasteiger partial charge in [-0.25, -0.2) is 4.39 Å². The van der Waals surface area contributed by atoms with Crippen LogP contribution in [0.4, 0.5) is 17.6 Å². The first-order valence-electron chi connectivity index (χ1n) is 5.04. The van der Waals surface area contributed by atoms with Crippen LogP contribution in [0.3, 0.4) is 0 Å². The molecule has 1 N–H and O–H groups in total. The molecule has 0 bridgehead atoms. The van der Waals surface area contributed by atoms with E-state index in [1.807, 2.05) is 0 Å². The van der Waals surface area contributed by atoms with Gasteiger partial charge in [0, 0.05) is 11.6 Å². The molecule has 3 nitrogen and oxygen atoms in total. The van der Waals surface area contributed by atoms with Crippen LogP contribution in [0.1, 0.15) is 18.6 Å². The minimum atomic E-state index is -4.45. The maximum atomic E-state index is 12.9. The second-order valence-corrected chi connectivity index (χ2v) is 3.58. The Morgan fingerprint density at radius 1 is 1.33 bits per heavy atom. The van der Waals surface area contributed by atoms with E-state index in [2.05, 4.69) is 4.74 Å². The molecule has 0 spiro atoms. The van der Waals surface area contributed by atoms with Gasteiger partial charge in [-0.2, -0.15) is 13.2 Å². The number of aliphatic hydroxyl groups excluding tert-OH is 1. The number of halogens is 4. The summed E-state index contributed by atoms with van der Waals surface area (Å²) in [6, 6.07) is 3.38. The van der Waals surface area contributed by atoms with Crippen LogP contribution in [0, 0.1) is 5.82 Å². The highest BCUT2D eigenvalue weighted by atomic mass is 19.4. The van der Waals surface area contributed by atoms with Crippen LogP contribution in [0.15, 0.2) is 18.2 Å². The molecule has 0 unspecified atom stereocenters. The molecule has 1 rings (SSSR count). The molecule has 0 aliphatic rings. The average Bonchev–Trinajstić information content (AvgIpc) is 2.22. The van der Waals surface area contributed by atoms with Gasteiger partial charge in [0.2, 0.25) is 0 Å². The predicted molar refractivity (Wildman–Crippen MR) is 54.5 cm³/mol. The van der Waals surface area contributed by atoms with E-state index in [0.29, 0.717) is 0 Å². The molecule has 0 radical (unpaired) electrons. The van der Waals surface area contributed by atoms with E-state index >= 15 is 0 Å². The number of hydrogen-bond acceptors (Lipinski definition) is 3. The van der Waals surface area contributed by atoms with Gasteiger partial charge in [-0.3, -0.25) is 0 Å². The lowest BCUT2D eigenvalue weighted by molar-refractivity contribution is -0.186. The molecule has 0 aromatic heterocycles. The summed E-state index contributed by atoms with van der Waals surface area (Å²) < 4.78 is 57.3. The van der Waals surface area contributed by atoms with Crippen LogP contribution >= 0.6 is 0 Å². The van der Waals surface area contributed by atoms with Crippen LogP contribution < -0.4 is 4.74 Å². The fraction of sp³-hybridized carbons (Fsp3) is 0.455. The highest BCUT2D eigenvalue weighted by Gasteiger charge is 2.27. The van der Waals surface area contributed by atoms with Crippen LogP contribution in [-0.2, 0) is 4.74 Å². The van der Waals surface area contributed by atoms with Gasteiger partial charge in [0.25, 0.3) is 0 Å². The molecular formula is C11H12F4O3. The SMILES string of the molecule is C[C@@H](O)c1ccc(F)cc1OCOCC(F)(F)F. The molecule has 0 saturated heterocycles. The summed E-state index contributed by atoms with van der Waals surface area (Å²) >= 11 is 0. The molecule has 1 aromatic rings. The minimum absolute atomic E-state index is 0.0489. The molecule has 7 heteroatoms. The molecule has 0 saturated carbocycles. The first-order chi connectivity index (χ1) is 8.29. The highest BCUT2D eigenvalue weighted by Crippen LogP contribution is 2.26. The van der Waals surface area contributed by atoms with Crippen molar-refractivity contribution in [2.24, 2.45) is 0 Å². The molecule has 0 aliphatic heterocycles. The third-order valence-electron chi connectivity index (χ3n) is 1.99. The quantitative estimate of drug-likeness (QED) is 0.507. The number of ether oxygens (including phenoxy) is 2. The topological polar surface area (TPSA) is 38.7 Å². The van der Waals surface area contributed by atoms with Crippen LogP contribution in [0.5, 0.6) is 5.75 Å². The number of aliphatic hydroxyl groups is 1. The second kappa shape index (κ2) is 6.01. The Hall–Kier alpha value is -1.34. The van der Waals surface area contributed by atoms with E-state index < -0.39 is 31.5 Å². The summed E-state index contributed by atoms with van der Waals surface area (Å²) in [5.74, 6) is -0.669. The van der Waals surface area contributed by atoms with Crippen molar-refractivity contribution in [3.8, 4) is 5.75 Å². The fourth-order valence-electron chi connectivity index (χ4n) is 1.24. The monoisotopic (exact) mass is 268 g/mol. The Balaban J connectivity index is 2.58. The van der Waals surface area contributed by atoms with Crippen LogP contribution in [-0.4, -0.2) is 24.7 Å². The third kappa shape index (κ3) is 4.89. The Labute approximate surface area is 101 Å². The van der Waals surface area contributed by atoms with E-state index in [-0.39, 0.29) is 11.3 Å². The maximum absolute atomic E-state index is 12.9. The summed E-state index contributed by atoms with van der Waals surface area (Å²) in [6.45, 7) is -0.703. The maximum Gasteiger partial charge on any atom is 0.411 e. The smallest absolute Gasteiger partial charge is 0.411 e. The van der Waals surface area contributed by atoms with E-state index in [1.165, 1.54) is 13.0 Å². The second-order valence-electron chi connectivity index (χ2n) is 3.58. The first-order valence-corrected chi connectivity index (χ1v) is 5.04. The van der Waals surface area contributed by atoms with Crippen molar-refractivity contribution < 1.29 is 32.1 Å². The van der Waals surface area contributed by atoms with Crippen molar-refractivity contribution in [1.29, 1.82) is 0 Å². The van der Waals surface area contributed by atoms with Crippen molar-refractivity contribution in [2.75, 3.05) is 13.4 Å². The molecular weight excluding hydrogens is 256 g/mol. The Morgan fingerprint density at radius 3 is 2.56 bits per heavy atom. The Bertz CT molecular complexity index is 390. The number of benzene rings is 1. The summed E-state index contributed by atoms with van der Waals surface area (Å²) in [5.41, 5.74) is 0.270. The Morgan fingerprint density at radius 2 is 2.00 bits per heavy atom. The zero-order chi connectivity index (χ0) is 13.8. The lowest BCUT2D eigenvalue weighted by atomic mass is 10.1. The molecule has 0 aliphatic carbocycles. The summed E-state index contributed by atoms with van der Waals surface area (Å²) in [5, 5.41) is 9.36. The zero-order valence-electron chi connectivity index (χ0n) is 9.50. The average molecular weight is 268 g/mol. The standard InChI is InChI=1S/C11H12F4O3/c1-7(16)9-3-2-8(12)4-10(9)18-6-17-5-11(13,14)15/h2-4,7,16H,5-6H2,1H3/t7-/m1/s1.